The topological polar surface area (TPSA) is 76.4 Å². The lowest BCUT2D eigenvalue weighted by molar-refractivity contribution is -0.131. The number of likely N-dealkylation sites (tertiary alicyclic amines) is 1. The normalized spacial score (nSPS) is 26.6. The van der Waals surface area contributed by atoms with Gasteiger partial charge >= 0.3 is 0 Å². The van der Waals surface area contributed by atoms with Gasteiger partial charge in [-0.05, 0) is 43.0 Å². The highest BCUT2D eigenvalue weighted by Gasteiger charge is 2.36. The number of hydrogen-bond donors (Lipinski definition) is 1. The van der Waals surface area contributed by atoms with E-state index in [0.717, 1.165) is 31.6 Å². The van der Waals surface area contributed by atoms with Crippen LogP contribution in [0.4, 0.5) is 5.69 Å². The molecule has 2 saturated heterocycles. The van der Waals surface area contributed by atoms with Gasteiger partial charge in [0.2, 0.25) is 11.8 Å². The molecule has 3 unspecified atom stereocenters. The number of piperidine rings is 1. The van der Waals surface area contributed by atoms with Crippen molar-refractivity contribution in [2.75, 3.05) is 24.5 Å². The number of anilines is 1. The zero-order valence-electron chi connectivity index (χ0n) is 14.7. The molecule has 1 aromatic rings. The number of amides is 2. The van der Waals surface area contributed by atoms with Gasteiger partial charge in [-0.1, -0.05) is 6.92 Å². The van der Waals surface area contributed by atoms with Gasteiger partial charge in [0.15, 0.2) is 0 Å². The van der Waals surface area contributed by atoms with Gasteiger partial charge in [0.1, 0.15) is 0 Å². The largest absolute Gasteiger partial charge is 0.343 e. The van der Waals surface area contributed by atoms with E-state index in [1.165, 1.54) is 0 Å². The molecule has 2 aliphatic heterocycles. The molecule has 0 aliphatic carbocycles. The minimum Gasteiger partial charge on any atom is -0.343 e. The average Bonchev–Trinajstić information content (AvgIpc) is 2.97. The van der Waals surface area contributed by atoms with Gasteiger partial charge in [-0.2, -0.15) is 5.26 Å². The highest BCUT2D eigenvalue weighted by atomic mass is 16.2. The van der Waals surface area contributed by atoms with Crippen LogP contribution in [0.1, 0.15) is 32.3 Å². The molecule has 0 spiro atoms. The second kappa shape index (κ2) is 7.24. The first-order chi connectivity index (χ1) is 12.0. The molecule has 0 aromatic heterocycles. The zero-order chi connectivity index (χ0) is 18.0. The smallest absolute Gasteiger partial charge is 0.244 e. The molecule has 0 saturated carbocycles. The second-order valence-corrected chi connectivity index (χ2v) is 6.99. The third kappa shape index (κ3) is 3.67. The Balaban J connectivity index is 1.60. The standard InChI is InChI=1S/C19H24N4O2/c1-13-12-22(14(2)24)9-7-17(13)21-18-8-10-23(19(18)25)16-5-3-15(11-20)4-6-16/h3-6,13,17-18,21H,7-10,12H2,1-2H3. The van der Waals surface area contributed by atoms with Crippen LogP contribution in [0, 0.1) is 17.2 Å². The van der Waals surface area contributed by atoms with E-state index in [0.29, 0.717) is 18.0 Å². The summed E-state index contributed by atoms with van der Waals surface area (Å²) < 4.78 is 0. The van der Waals surface area contributed by atoms with Crippen LogP contribution in [0.2, 0.25) is 0 Å². The van der Waals surface area contributed by atoms with Crippen molar-refractivity contribution in [1.82, 2.24) is 10.2 Å². The highest BCUT2D eigenvalue weighted by Crippen LogP contribution is 2.24. The first kappa shape index (κ1) is 17.4. The summed E-state index contributed by atoms with van der Waals surface area (Å²) in [5.74, 6) is 0.537. The lowest BCUT2D eigenvalue weighted by atomic mass is 9.93. The molecular weight excluding hydrogens is 316 g/mol. The van der Waals surface area contributed by atoms with Crippen molar-refractivity contribution in [2.24, 2.45) is 5.92 Å². The molecule has 2 fully saturated rings. The van der Waals surface area contributed by atoms with Crippen molar-refractivity contribution in [3.63, 3.8) is 0 Å². The molecule has 6 heteroatoms. The molecule has 2 heterocycles. The summed E-state index contributed by atoms with van der Waals surface area (Å²) >= 11 is 0. The molecule has 2 amide bonds. The maximum atomic E-state index is 12.7. The average molecular weight is 340 g/mol. The Labute approximate surface area is 148 Å². The fourth-order valence-electron chi connectivity index (χ4n) is 3.74. The Morgan fingerprint density at radius 2 is 1.96 bits per heavy atom. The summed E-state index contributed by atoms with van der Waals surface area (Å²) in [6, 6.07) is 9.30. The van der Waals surface area contributed by atoms with Gasteiger partial charge in [0.05, 0.1) is 17.7 Å². The Bertz CT molecular complexity index is 694. The SMILES string of the molecule is CC(=O)N1CCC(NC2CCN(c3ccc(C#N)cc3)C2=O)C(C)C1. The number of nitriles is 1. The predicted octanol–water partition coefficient (Wildman–Crippen LogP) is 1.51. The third-order valence-corrected chi connectivity index (χ3v) is 5.28. The van der Waals surface area contributed by atoms with E-state index >= 15 is 0 Å². The molecule has 25 heavy (non-hydrogen) atoms. The van der Waals surface area contributed by atoms with Crippen LogP contribution >= 0.6 is 0 Å². The summed E-state index contributed by atoms with van der Waals surface area (Å²) in [6.45, 7) is 5.91. The summed E-state index contributed by atoms with van der Waals surface area (Å²) in [5.41, 5.74) is 1.43. The van der Waals surface area contributed by atoms with Crippen molar-refractivity contribution in [3.8, 4) is 6.07 Å². The number of benzene rings is 1. The monoisotopic (exact) mass is 340 g/mol. The maximum Gasteiger partial charge on any atom is 0.244 e. The molecular formula is C19H24N4O2. The fourth-order valence-corrected chi connectivity index (χ4v) is 3.74. The van der Waals surface area contributed by atoms with Crippen LogP contribution in [0.25, 0.3) is 0 Å². The van der Waals surface area contributed by atoms with E-state index in [9.17, 15) is 9.59 Å². The minimum absolute atomic E-state index is 0.0888. The number of carbonyl (C=O) groups excluding carboxylic acids is 2. The zero-order valence-corrected chi connectivity index (χ0v) is 14.7. The molecule has 6 nitrogen and oxygen atoms in total. The molecule has 1 N–H and O–H groups in total. The quantitative estimate of drug-likeness (QED) is 0.905. The molecule has 3 atom stereocenters. The Morgan fingerprint density at radius 1 is 1.24 bits per heavy atom. The van der Waals surface area contributed by atoms with Crippen LogP contribution in [0.15, 0.2) is 24.3 Å². The number of nitrogens with one attached hydrogen (secondary N) is 1. The van der Waals surface area contributed by atoms with Gasteiger partial charge in [-0.25, -0.2) is 0 Å². The van der Waals surface area contributed by atoms with E-state index in [2.05, 4.69) is 18.3 Å². The van der Waals surface area contributed by atoms with E-state index in [4.69, 9.17) is 5.26 Å². The second-order valence-electron chi connectivity index (χ2n) is 6.99. The van der Waals surface area contributed by atoms with Crippen LogP contribution in [-0.2, 0) is 9.59 Å². The number of nitrogens with zero attached hydrogens (tertiary/aromatic N) is 3. The lowest BCUT2D eigenvalue weighted by Crippen LogP contribution is -2.53. The first-order valence-corrected chi connectivity index (χ1v) is 8.82. The van der Waals surface area contributed by atoms with Crippen LogP contribution < -0.4 is 10.2 Å². The van der Waals surface area contributed by atoms with E-state index in [-0.39, 0.29) is 23.9 Å². The first-order valence-electron chi connectivity index (χ1n) is 8.82. The molecule has 3 rings (SSSR count). The summed E-state index contributed by atoms with van der Waals surface area (Å²) in [5, 5.41) is 12.4. The Morgan fingerprint density at radius 3 is 2.56 bits per heavy atom. The van der Waals surface area contributed by atoms with E-state index in [1.807, 2.05) is 17.0 Å². The summed E-state index contributed by atoms with van der Waals surface area (Å²) in [4.78, 5) is 27.9. The number of carbonyl (C=O) groups is 2. The van der Waals surface area contributed by atoms with Crippen molar-refractivity contribution in [2.45, 2.75) is 38.8 Å². The van der Waals surface area contributed by atoms with Gasteiger partial charge in [-0.15, -0.1) is 0 Å². The minimum atomic E-state index is -0.174. The van der Waals surface area contributed by atoms with Crippen molar-refractivity contribution in [3.05, 3.63) is 29.8 Å². The van der Waals surface area contributed by atoms with Crippen LogP contribution in [-0.4, -0.2) is 48.4 Å². The maximum absolute atomic E-state index is 12.7. The van der Waals surface area contributed by atoms with Crippen molar-refractivity contribution in [1.29, 1.82) is 5.26 Å². The van der Waals surface area contributed by atoms with Crippen molar-refractivity contribution < 1.29 is 9.59 Å². The lowest BCUT2D eigenvalue weighted by Gasteiger charge is -2.38. The molecule has 132 valence electrons. The number of rotatable bonds is 3. The van der Waals surface area contributed by atoms with E-state index < -0.39 is 0 Å². The number of hydrogen-bond acceptors (Lipinski definition) is 4. The van der Waals surface area contributed by atoms with Gasteiger partial charge in [-0.3, -0.25) is 9.59 Å². The molecule has 0 radical (unpaired) electrons. The van der Waals surface area contributed by atoms with Crippen LogP contribution in [0.3, 0.4) is 0 Å². The van der Waals surface area contributed by atoms with Gasteiger partial charge in [0.25, 0.3) is 0 Å². The summed E-state index contributed by atoms with van der Waals surface area (Å²) in [7, 11) is 0. The predicted molar refractivity (Wildman–Crippen MR) is 94.9 cm³/mol. The van der Waals surface area contributed by atoms with Gasteiger partial charge < -0.3 is 15.1 Å². The fraction of sp³-hybridized carbons (Fsp3) is 0.526. The van der Waals surface area contributed by atoms with Gasteiger partial charge in [0, 0.05) is 38.3 Å². The van der Waals surface area contributed by atoms with Crippen molar-refractivity contribution >= 4 is 17.5 Å². The third-order valence-electron chi connectivity index (χ3n) is 5.28. The Kier molecular flexibility index (Phi) is 5.05. The molecule has 0 bridgehead atoms. The van der Waals surface area contributed by atoms with E-state index in [1.54, 1.807) is 24.0 Å². The highest BCUT2D eigenvalue weighted by molar-refractivity contribution is 5.99. The summed E-state index contributed by atoms with van der Waals surface area (Å²) in [6.07, 6.45) is 1.65. The molecule has 2 aliphatic rings. The Hall–Kier alpha value is -2.39. The molecule has 1 aromatic carbocycles. The van der Waals surface area contributed by atoms with Crippen LogP contribution in [0.5, 0.6) is 0 Å².